The number of hydrogen-bond donors (Lipinski definition) is 4. The lowest BCUT2D eigenvalue weighted by Crippen LogP contribution is -2.49. The van der Waals surface area contributed by atoms with Crippen molar-refractivity contribution < 1.29 is 15.3 Å². The zero-order valence-corrected chi connectivity index (χ0v) is 8.51. The Hall–Kier alpha value is -1.24. The number of nitrogens with one attached hydrogen (secondary N) is 1. The van der Waals surface area contributed by atoms with Crippen LogP contribution in [0.25, 0.3) is 0 Å². The first-order valence-corrected chi connectivity index (χ1v) is 4.55. The third-order valence-corrected chi connectivity index (χ3v) is 2.11. The van der Waals surface area contributed by atoms with Gasteiger partial charge in [0.2, 0.25) is 0 Å². The lowest BCUT2D eigenvalue weighted by Gasteiger charge is -2.29. The van der Waals surface area contributed by atoms with Crippen LogP contribution in [0.1, 0.15) is 5.69 Å². The zero-order chi connectivity index (χ0) is 11.3. The average Bonchev–Trinajstić information content (AvgIpc) is 2.26. The van der Waals surface area contributed by atoms with Crippen molar-refractivity contribution in [2.24, 2.45) is 0 Å². The Morgan fingerprint density at radius 2 is 1.80 bits per heavy atom. The van der Waals surface area contributed by atoms with Crippen molar-refractivity contribution in [1.82, 2.24) is 9.97 Å². The van der Waals surface area contributed by atoms with Crippen LogP contribution >= 0.6 is 0 Å². The van der Waals surface area contributed by atoms with Crippen molar-refractivity contribution in [2.45, 2.75) is 12.5 Å². The van der Waals surface area contributed by atoms with E-state index in [0.717, 1.165) is 5.69 Å². The minimum Gasteiger partial charge on any atom is -0.394 e. The molecule has 1 aromatic heterocycles. The SMILES string of the molecule is Cc1cc(NC(CO)(CO)CO)ncn1. The number of rotatable bonds is 5. The maximum absolute atomic E-state index is 9.08. The molecule has 6 nitrogen and oxygen atoms in total. The van der Waals surface area contributed by atoms with E-state index in [4.69, 9.17) is 15.3 Å². The predicted molar refractivity (Wildman–Crippen MR) is 54.4 cm³/mol. The first-order chi connectivity index (χ1) is 7.15. The molecule has 0 aromatic carbocycles. The van der Waals surface area contributed by atoms with Crippen LogP contribution in [-0.4, -0.2) is 50.6 Å². The summed E-state index contributed by atoms with van der Waals surface area (Å²) in [6, 6.07) is 1.66. The Labute approximate surface area is 87.6 Å². The molecule has 15 heavy (non-hydrogen) atoms. The highest BCUT2D eigenvalue weighted by atomic mass is 16.3. The van der Waals surface area contributed by atoms with Gasteiger partial charge in [-0.1, -0.05) is 0 Å². The van der Waals surface area contributed by atoms with Gasteiger partial charge in [-0.25, -0.2) is 9.97 Å². The molecule has 0 aliphatic rings. The van der Waals surface area contributed by atoms with Crippen molar-refractivity contribution in [3.8, 4) is 0 Å². The highest BCUT2D eigenvalue weighted by Crippen LogP contribution is 2.12. The van der Waals surface area contributed by atoms with Gasteiger partial charge in [0.15, 0.2) is 0 Å². The molecule has 0 spiro atoms. The van der Waals surface area contributed by atoms with Crippen LogP contribution in [0.3, 0.4) is 0 Å². The first-order valence-electron chi connectivity index (χ1n) is 4.55. The summed E-state index contributed by atoms with van der Waals surface area (Å²) in [7, 11) is 0. The summed E-state index contributed by atoms with van der Waals surface area (Å²) in [4.78, 5) is 7.82. The fourth-order valence-corrected chi connectivity index (χ4v) is 1.06. The van der Waals surface area contributed by atoms with Crippen LogP contribution < -0.4 is 5.32 Å². The molecule has 84 valence electrons. The standard InChI is InChI=1S/C9H15N3O3/c1-7-2-8(11-6-10-7)12-9(3-13,4-14)5-15/h2,6,13-15H,3-5H2,1H3,(H,10,11,12). The molecule has 0 bridgehead atoms. The van der Waals surface area contributed by atoms with Crippen LogP contribution in [0.2, 0.25) is 0 Å². The van der Waals surface area contributed by atoms with Crippen LogP contribution in [0.4, 0.5) is 5.82 Å². The van der Waals surface area contributed by atoms with Gasteiger partial charge in [0.1, 0.15) is 17.7 Å². The lowest BCUT2D eigenvalue weighted by molar-refractivity contribution is 0.0831. The molecule has 4 N–H and O–H groups in total. The largest absolute Gasteiger partial charge is 0.394 e. The topological polar surface area (TPSA) is 98.5 Å². The van der Waals surface area contributed by atoms with E-state index in [1.54, 1.807) is 13.0 Å². The molecular weight excluding hydrogens is 198 g/mol. The van der Waals surface area contributed by atoms with Gasteiger partial charge in [0.25, 0.3) is 0 Å². The van der Waals surface area contributed by atoms with Crippen LogP contribution in [0.5, 0.6) is 0 Å². The third-order valence-electron chi connectivity index (χ3n) is 2.11. The van der Waals surface area contributed by atoms with E-state index >= 15 is 0 Å². The average molecular weight is 213 g/mol. The van der Waals surface area contributed by atoms with Gasteiger partial charge in [-0.3, -0.25) is 0 Å². The molecule has 0 saturated heterocycles. The quantitative estimate of drug-likeness (QED) is 0.496. The summed E-state index contributed by atoms with van der Waals surface area (Å²) >= 11 is 0. The van der Waals surface area contributed by atoms with Gasteiger partial charge in [0.05, 0.1) is 19.8 Å². The Morgan fingerprint density at radius 1 is 1.20 bits per heavy atom. The second-order valence-electron chi connectivity index (χ2n) is 3.42. The summed E-state index contributed by atoms with van der Waals surface area (Å²) in [5, 5.41) is 30.0. The molecule has 0 radical (unpaired) electrons. The van der Waals surface area contributed by atoms with Crippen LogP contribution in [0.15, 0.2) is 12.4 Å². The molecule has 0 aliphatic carbocycles. The van der Waals surface area contributed by atoms with Crippen LogP contribution in [0, 0.1) is 6.92 Å². The Morgan fingerprint density at radius 3 is 2.27 bits per heavy atom. The molecule has 0 atom stereocenters. The van der Waals surface area contributed by atoms with E-state index in [2.05, 4.69) is 15.3 Å². The molecule has 0 amide bonds. The first kappa shape index (κ1) is 11.8. The summed E-state index contributed by atoms with van der Waals surface area (Å²) in [5.74, 6) is 0.458. The van der Waals surface area contributed by atoms with E-state index in [-0.39, 0.29) is 19.8 Å². The molecule has 0 aliphatic heterocycles. The molecule has 0 saturated carbocycles. The van der Waals surface area contributed by atoms with Gasteiger partial charge in [-0.15, -0.1) is 0 Å². The summed E-state index contributed by atoms with van der Waals surface area (Å²) in [6.07, 6.45) is 1.37. The van der Waals surface area contributed by atoms with E-state index in [9.17, 15) is 0 Å². The van der Waals surface area contributed by atoms with Crippen molar-refractivity contribution in [1.29, 1.82) is 0 Å². The third kappa shape index (κ3) is 2.85. The molecule has 1 heterocycles. The molecule has 0 unspecified atom stereocenters. The lowest BCUT2D eigenvalue weighted by atomic mass is 10.0. The Bertz CT molecular complexity index is 307. The summed E-state index contributed by atoms with van der Waals surface area (Å²) < 4.78 is 0. The van der Waals surface area contributed by atoms with Crippen molar-refractivity contribution in [2.75, 3.05) is 25.1 Å². The second-order valence-corrected chi connectivity index (χ2v) is 3.42. The number of aromatic nitrogens is 2. The van der Waals surface area contributed by atoms with E-state index in [0.29, 0.717) is 5.82 Å². The number of aliphatic hydroxyl groups is 3. The summed E-state index contributed by atoms with van der Waals surface area (Å²) in [5.41, 5.74) is -0.393. The number of anilines is 1. The van der Waals surface area contributed by atoms with E-state index in [1.165, 1.54) is 6.33 Å². The fraction of sp³-hybridized carbons (Fsp3) is 0.556. The Kier molecular flexibility index (Phi) is 3.96. The van der Waals surface area contributed by atoms with Crippen molar-refractivity contribution in [3.05, 3.63) is 18.1 Å². The fourth-order valence-electron chi connectivity index (χ4n) is 1.06. The molecule has 1 aromatic rings. The highest BCUT2D eigenvalue weighted by molar-refractivity contribution is 5.38. The number of aliphatic hydroxyl groups excluding tert-OH is 3. The van der Waals surface area contributed by atoms with Crippen LogP contribution in [-0.2, 0) is 0 Å². The minimum absolute atomic E-state index is 0.386. The highest BCUT2D eigenvalue weighted by Gasteiger charge is 2.28. The maximum Gasteiger partial charge on any atom is 0.130 e. The number of nitrogens with zero attached hydrogens (tertiary/aromatic N) is 2. The number of aryl methyl sites for hydroxylation is 1. The van der Waals surface area contributed by atoms with Crippen molar-refractivity contribution in [3.63, 3.8) is 0 Å². The zero-order valence-electron chi connectivity index (χ0n) is 8.51. The monoisotopic (exact) mass is 213 g/mol. The summed E-state index contributed by atoms with van der Waals surface area (Å²) in [6.45, 7) is 0.639. The molecule has 6 heteroatoms. The predicted octanol–water partition coefficient (Wildman–Crippen LogP) is -1.09. The molecule has 0 fully saturated rings. The van der Waals surface area contributed by atoms with Gasteiger partial charge >= 0.3 is 0 Å². The van der Waals surface area contributed by atoms with E-state index in [1.807, 2.05) is 0 Å². The smallest absolute Gasteiger partial charge is 0.130 e. The molecule has 1 rings (SSSR count). The normalized spacial score (nSPS) is 11.5. The number of hydrogen-bond acceptors (Lipinski definition) is 6. The maximum atomic E-state index is 9.08. The van der Waals surface area contributed by atoms with Gasteiger partial charge in [-0.2, -0.15) is 0 Å². The minimum atomic E-state index is -1.15. The van der Waals surface area contributed by atoms with Crippen molar-refractivity contribution >= 4 is 5.82 Å². The van der Waals surface area contributed by atoms with E-state index < -0.39 is 5.54 Å². The van der Waals surface area contributed by atoms with Gasteiger partial charge < -0.3 is 20.6 Å². The Balaban J connectivity index is 2.82. The second kappa shape index (κ2) is 5.01. The van der Waals surface area contributed by atoms with Gasteiger partial charge in [-0.05, 0) is 6.92 Å². The van der Waals surface area contributed by atoms with Gasteiger partial charge in [0, 0.05) is 11.8 Å². The molecular formula is C9H15N3O3.